The number of carbonyl (C=O) groups is 4. The van der Waals surface area contributed by atoms with Crippen molar-refractivity contribution in [1.82, 2.24) is 9.80 Å². The number of thioether (sulfide) groups is 1. The van der Waals surface area contributed by atoms with Crippen LogP contribution in [0.1, 0.15) is 105 Å². The molecular formula is C57H72N4O11SSi. The molecule has 4 amide bonds. The summed E-state index contributed by atoms with van der Waals surface area (Å²) in [5.74, 6) is 3.05. The van der Waals surface area contributed by atoms with E-state index in [1.54, 1.807) is 29.2 Å². The molecule has 2 aliphatic carbocycles. The topological polar surface area (TPSA) is 146 Å². The molecule has 17 heteroatoms. The summed E-state index contributed by atoms with van der Waals surface area (Å²) in [5, 5.41) is -0.180. The second-order valence-corrected chi connectivity index (χ2v) is 27.8. The monoisotopic (exact) mass is 1050 g/mol. The minimum absolute atomic E-state index is 0.0114. The van der Waals surface area contributed by atoms with Gasteiger partial charge in [0.15, 0.2) is 37.5 Å². The maximum absolute atomic E-state index is 14.6. The quantitative estimate of drug-likeness (QED) is 0.0459. The first kappa shape index (κ1) is 52.9. The van der Waals surface area contributed by atoms with Crippen LogP contribution in [0, 0.1) is 11.3 Å². The Kier molecular flexibility index (Phi) is 15.6. The van der Waals surface area contributed by atoms with Crippen molar-refractivity contribution in [3.8, 4) is 23.0 Å². The minimum Gasteiger partial charge on any atom is -0.493 e. The molecule has 15 nitrogen and oxygen atoms in total. The van der Waals surface area contributed by atoms with Gasteiger partial charge in [-0.2, -0.15) is 0 Å². The number of amides is 4. The highest BCUT2D eigenvalue weighted by molar-refractivity contribution is 7.99. The Morgan fingerprint density at radius 3 is 2.00 bits per heavy atom. The number of carbonyl (C=O) groups excluding carboxylic acids is 4. The molecule has 0 bridgehead atoms. The van der Waals surface area contributed by atoms with Gasteiger partial charge in [-0.3, -0.25) is 14.5 Å². The molecule has 1 saturated heterocycles. The first-order valence-corrected chi connectivity index (χ1v) is 29.9. The molecule has 3 aromatic rings. The summed E-state index contributed by atoms with van der Waals surface area (Å²) in [5.41, 5.74) is 3.44. The predicted molar refractivity (Wildman–Crippen MR) is 289 cm³/mol. The van der Waals surface area contributed by atoms with Crippen molar-refractivity contribution in [2.24, 2.45) is 11.3 Å². The lowest BCUT2D eigenvalue weighted by Crippen LogP contribution is -2.58. The number of benzene rings is 3. The van der Waals surface area contributed by atoms with Gasteiger partial charge in [0.2, 0.25) is 0 Å². The fourth-order valence-electron chi connectivity index (χ4n) is 10.1. The van der Waals surface area contributed by atoms with Gasteiger partial charge in [-0.15, -0.1) is 11.8 Å². The van der Waals surface area contributed by atoms with Gasteiger partial charge in [-0.1, -0.05) is 58.2 Å². The van der Waals surface area contributed by atoms with E-state index in [-0.39, 0.29) is 54.1 Å². The number of rotatable bonds is 20. The Morgan fingerprint density at radius 2 is 1.42 bits per heavy atom. The van der Waals surface area contributed by atoms with E-state index < -0.39 is 26.7 Å². The smallest absolute Gasteiger partial charge is 0.416 e. The molecule has 6 aliphatic rings. The van der Waals surface area contributed by atoms with Crippen LogP contribution in [0.25, 0.3) is 5.57 Å². The largest absolute Gasteiger partial charge is 0.493 e. The molecule has 0 aromatic heterocycles. The van der Waals surface area contributed by atoms with Crippen LogP contribution in [0.3, 0.4) is 0 Å². The Morgan fingerprint density at radius 1 is 0.811 bits per heavy atom. The first-order valence-electron chi connectivity index (χ1n) is 26.1. The molecule has 3 aromatic carbocycles. The van der Waals surface area contributed by atoms with E-state index >= 15 is 0 Å². The van der Waals surface area contributed by atoms with Gasteiger partial charge in [-0.05, 0) is 123 Å². The van der Waals surface area contributed by atoms with Crippen LogP contribution in [0.2, 0.25) is 18.1 Å². The predicted octanol–water partition coefficient (Wildman–Crippen LogP) is 11.7. The van der Waals surface area contributed by atoms with E-state index in [0.29, 0.717) is 90.9 Å². The Bertz CT molecular complexity index is 2680. The van der Waals surface area contributed by atoms with Crippen molar-refractivity contribution in [1.29, 1.82) is 0 Å². The van der Waals surface area contributed by atoms with Crippen molar-refractivity contribution >= 4 is 61.0 Å². The average molecular weight is 1050 g/mol. The molecule has 1 unspecified atom stereocenters. The van der Waals surface area contributed by atoms with Crippen LogP contribution in [-0.2, 0) is 13.9 Å². The number of unbranched alkanes of at least 4 members (excludes halogenated alkanes) is 2. The summed E-state index contributed by atoms with van der Waals surface area (Å²) in [4.78, 5) is 65.1. The third kappa shape index (κ3) is 11.1. The molecule has 3 atom stereocenters. The molecule has 2 saturated carbocycles. The highest BCUT2D eigenvalue weighted by Gasteiger charge is 2.60. The molecule has 1 spiro atoms. The van der Waals surface area contributed by atoms with Gasteiger partial charge in [0.25, 0.3) is 11.8 Å². The zero-order valence-electron chi connectivity index (χ0n) is 44.1. The van der Waals surface area contributed by atoms with Gasteiger partial charge >= 0.3 is 12.2 Å². The van der Waals surface area contributed by atoms with Gasteiger partial charge in [0.1, 0.15) is 13.2 Å². The number of nitrogens with zero attached hydrogens (tertiary/aromatic N) is 4. The molecule has 4 aliphatic heterocycles. The highest BCUT2D eigenvalue weighted by atomic mass is 32.2. The highest BCUT2D eigenvalue weighted by Crippen LogP contribution is 2.58. The zero-order valence-corrected chi connectivity index (χ0v) is 45.9. The summed E-state index contributed by atoms with van der Waals surface area (Å²) in [6.45, 7) is 19.7. The fraction of sp³-hybridized carbons (Fsp3) is 0.509. The lowest BCUT2D eigenvalue weighted by atomic mass is 10.0. The van der Waals surface area contributed by atoms with Crippen molar-refractivity contribution in [2.75, 3.05) is 69.3 Å². The third-order valence-electron chi connectivity index (χ3n) is 15.7. The molecule has 0 N–H and O–H groups in total. The van der Waals surface area contributed by atoms with Crippen LogP contribution >= 0.6 is 11.8 Å². The van der Waals surface area contributed by atoms with Crippen molar-refractivity contribution in [3.63, 3.8) is 0 Å². The number of methoxy groups -OCH3 is 2. The maximum atomic E-state index is 14.6. The van der Waals surface area contributed by atoms with Crippen LogP contribution in [0.4, 0.5) is 21.0 Å². The fourth-order valence-corrected chi connectivity index (χ4v) is 12.4. The number of hydrogen-bond donors (Lipinski definition) is 0. The van der Waals surface area contributed by atoms with E-state index in [4.69, 9.17) is 32.8 Å². The number of hydrogen-bond acceptors (Lipinski definition) is 12. The Hall–Kier alpha value is -5.91. The van der Waals surface area contributed by atoms with Crippen molar-refractivity contribution < 1.29 is 52.0 Å². The van der Waals surface area contributed by atoms with E-state index in [2.05, 4.69) is 71.3 Å². The zero-order chi connectivity index (χ0) is 52.5. The number of ether oxygens (including phenoxy) is 6. The van der Waals surface area contributed by atoms with E-state index in [0.717, 1.165) is 42.1 Å². The standard InChI is InChI=1S/C57H72N4O11SSi/c1-10-23-70-54(64)59-34-40-27-39(38-17-19-41(20-18-38)73-35-37-15-16-37)33-58(40)51(62)42-28-47(66-6)49(30-44(42)59)68-25-13-12-14-26-69-50-31-45-43(29-48(50)67-7)52(63)60-36-57(21-22-57)32-46(60)53(61(45)55(65)71-24-11-2)72-74(8,9)56(3,4)5/h10-11,17-20,28-31,33,37,40,46,53H,1-2,12-16,21-27,32,34-36H2,3-9H3/t40-,46-,53?/m0/s1. The minimum atomic E-state index is -2.52. The molecule has 0 radical (unpaired) electrons. The first-order chi connectivity index (χ1) is 35.5. The SMILES string of the molecule is C=CCOC(=O)N1C[C@@H]2CC(c3ccc(SCC4CC4)cc3)=CN2C(=O)c2cc(OC)c(OCCCCCOc3cc4c(cc3OC)C(=O)N3CC5(CC5)C[C@H]3C(O[Si](C)(C)C(C)(C)C)N4C(=O)OCC=C)cc21. The summed E-state index contributed by atoms with van der Waals surface area (Å²) in [6.07, 6.45) is 10.9. The van der Waals surface area contributed by atoms with Crippen molar-refractivity contribution in [3.05, 3.63) is 96.7 Å². The maximum Gasteiger partial charge on any atom is 0.416 e. The molecule has 396 valence electrons. The van der Waals surface area contributed by atoms with Crippen LogP contribution < -0.4 is 28.7 Å². The lowest BCUT2D eigenvalue weighted by molar-refractivity contribution is 0.0528. The number of fused-ring (bicyclic) bond motifs is 4. The lowest BCUT2D eigenvalue weighted by Gasteiger charge is -2.44. The van der Waals surface area contributed by atoms with Gasteiger partial charge in [0, 0.05) is 35.5 Å². The molecule has 9 rings (SSSR count). The second-order valence-electron chi connectivity index (χ2n) is 22.0. The van der Waals surface area contributed by atoms with Crippen molar-refractivity contribution in [2.45, 2.75) is 120 Å². The Labute approximate surface area is 441 Å². The number of anilines is 2. The van der Waals surface area contributed by atoms with E-state index in [1.807, 2.05) is 22.9 Å². The van der Waals surface area contributed by atoms with Crippen LogP contribution in [-0.4, -0.2) is 120 Å². The van der Waals surface area contributed by atoms with E-state index in [1.165, 1.54) is 53.9 Å². The second kappa shape index (κ2) is 21.7. The Balaban J connectivity index is 0.885. The molecule has 4 heterocycles. The van der Waals surface area contributed by atoms with Gasteiger partial charge in [-0.25, -0.2) is 14.5 Å². The average Bonchev–Trinajstić information content (AvgIpc) is 4.30. The molecular weight excluding hydrogens is 977 g/mol. The van der Waals surface area contributed by atoms with Gasteiger partial charge < -0.3 is 42.6 Å². The summed E-state index contributed by atoms with van der Waals surface area (Å²) >= 11 is 1.89. The van der Waals surface area contributed by atoms with E-state index in [9.17, 15) is 19.2 Å². The normalized spacial score (nSPS) is 20.6. The van der Waals surface area contributed by atoms with Crippen LogP contribution in [0.15, 0.2) is 84.9 Å². The summed E-state index contributed by atoms with van der Waals surface area (Å²) in [6, 6.07) is 14.6. The van der Waals surface area contributed by atoms with Gasteiger partial charge in [0.05, 0.1) is 68.6 Å². The summed E-state index contributed by atoms with van der Waals surface area (Å²) in [7, 11) is 0.534. The third-order valence-corrected chi connectivity index (χ3v) is 21.4. The molecule has 3 fully saturated rings. The van der Waals surface area contributed by atoms with Crippen LogP contribution in [0.5, 0.6) is 23.0 Å². The molecule has 74 heavy (non-hydrogen) atoms. The summed E-state index contributed by atoms with van der Waals surface area (Å²) < 4.78 is 42.9.